The molecule has 12 atom stereocenters. The fraction of sp³-hybridized carbons (Fsp3) is 0.481. The number of rotatable bonds is 40. The zero-order valence-electron chi connectivity index (χ0n) is 65.0. The first kappa shape index (κ1) is 93.1. The first-order valence-corrected chi connectivity index (χ1v) is 39.2. The summed E-state index contributed by atoms with van der Waals surface area (Å²) in [6.45, 7) is 3.57. The van der Waals surface area contributed by atoms with Crippen LogP contribution in [0.2, 0.25) is 0 Å². The quantitative estimate of drug-likeness (QED) is 0.0164. The maximum absolute atomic E-state index is 15.7. The van der Waals surface area contributed by atoms with E-state index in [0.29, 0.717) is 46.2 Å². The van der Waals surface area contributed by atoms with Crippen LogP contribution in [0.4, 0.5) is 0 Å². The Bertz CT molecular complexity index is 4300. The van der Waals surface area contributed by atoms with Gasteiger partial charge in [0, 0.05) is 68.4 Å². The summed E-state index contributed by atoms with van der Waals surface area (Å²) in [5.74, 6) is -16.1. The summed E-state index contributed by atoms with van der Waals surface area (Å²) in [5, 5.41) is 44.2. The molecular weight excluding hydrogens is 1530 g/mol. The lowest BCUT2D eigenvalue weighted by Crippen LogP contribution is -2.64. The Morgan fingerprint density at radius 2 is 1.18 bits per heavy atom. The van der Waals surface area contributed by atoms with Crippen LogP contribution in [0.3, 0.4) is 0 Å². The van der Waals surface area contributed by atoms with Crippen LogP contribution in [-0.2, 0) is 96.0 Å². The molecule has 38 nitrogen and oxygen atoms in total. The number of thioether (sulfide) groups is 1. The van der Waals surface area contributed by atoms with Gasteiger partial charge in [-0.3, -0.25) is 76.7 Å². The van der Waals surface area contributed by atoms with E-state index in [-0.39, 0.29) is 83.4 Å². The molecule has 2 heterocycles. The zero-order chi connectivity index (χ0) is 85.2. The van der Waals surface area contributed by atoms with Crippen LogP contribution in [-0.4, -0.2) is 221 Å². The number of carbonyl (C=O) groups is 16. The Morgan fingerprint density at radius 3 is 1.82 bits per heavy atom. The Morgan fingerprint density at radius 1 is 0.595 bits per heavy atom. The van der Waals surface area contributed by atoms with Crippen LogP contribution in [0, 0.1) is 0 Å². The second kappa shape index (κ2) is 46.5. The number of H-pyrrole nitrogens is 1. The highest BCUT2D eigenvalue weighted by Crippen LogP contribution is 2.24. The lowest BCUT2D eigenvalue weighted by atomic mass is 9.91. The first-order chi connectivity index (χ1) is 55.2. The maximum Gasteiger partial charge on any atom is 0.246 e. The van der Waals surface area contributed by atoms with Crippen LogP contribution >= 0.6 is 11.8 Å². The molecule has 630 valence electrons. The highest BCUT2D eigenvalue weighted by atomic mass is 32.2. The van der Waals surface area contributed by atoms with Crippen molar-refractivity contribution in [2.45, 2.75) is 189 Å². The van der Waals surface area contributed by atoms with E-state index in [1.54, 1.807) is 79.0 Å². The van der Waals surface area contributed by atoms with Crippen molar-refractivity contribution < 1.29 is 86.6 Å². The van der Waals surface area contributed by atoms with Crippen molar-refractivity contribution in [3.05, 3.63) is 114 Å². The molecule has 4 aromatic carbocycles. The van der Waals surface area contributed by atoms with Crippen molar-refractivity contribution in [1.82, 2.24) is 68.8 Å². The molecule has 116 heavy (non-hydrogen) atoms. The average molecular weight is 1630 g/mol. The smallest absolute Gasteiger partial charge is 0.246 e. The van der Waals surface area contributed by atoms with Crippen LogP contribution in [0.25, 0.3) is 21.7 Å². The number of amides is 16. The Balaban J connectivity index is 1.46. The predicted molar refractivity (Wildman–Crippen MR) is 428 cm³/mol. The number of nitrogens with two attached hydrogens (primary N) is 7. The molecule has 1 saturated heterocycles. The summed E-state index contributed by atoms with van der Waals surface area (Å²) >= 11 is 0.936. The number of benzene rings is 4. The Labute approximate surface area is 673 Å². The van der Waals surface area contributed by atoms with Gasteiger partial charge in [-0.2, -0.15) is 11.8 Å². The monoisotopic (exact) mass is 1630 g/mol. The van der Waals surface area contributed by atoms with Gasteiger partial charge in [0.2, 0.25) is 94.5 Å². The average Bonchev–Trinajstić information content (AvgIpc) is 1.80. The number of ether oxygens (including phenoxy) is 1. The van der Waals surface area contributed by atoms with E-state index in [1.165, 1.54) is 6.92 Å². The van der Waals surface area contributed by atoms with E-state index >= 15 is 28.8 Å². The van der Waals surface area contributed by atoms with Crippen LogP contribution in [0.1, 0.15) is 115 Å². The molecule has 1 aliphatic rings. The molecule has 0 saturated carbocycles. The van der Waals surface area contributed by atoms with E-state index in [2.05, 4.69) is 68.8 Å². The van der Waals surface area contributed by atoms with E-state index in [0.717, 1.165) is 36.4 Å². The number of aromatic amines is 1. The number of unbranched alkanes of at least 4 members (excludes halogenated alkanes) is 2. The van der Waals surface area contributed by atoms with Gasteiger partial charge in [0.1, 0.15) is 78.3 Å². The van der Waals surface area contributed by atoms with Gasteiger partial charge in [0.25, 0.3) is 0 Å². The molecule has 39 heteroatoms. The second-order valence-electron chi connectivity index (χ2n) is 28.4. The molecular formula is C77H108N20O18S. The molecule has 0 bridgehead atoms. The first-order valence-electron chi connectivity index (χ1n) is 38.1. The van der Waals surface area contributed by atoms with Crippen molar-refractivity contribution in [1.29, 1.82) is 0 Å². The predicted octanol–water partition coefficient (Wildman–Crippen LogP) is -4.79. The molecule has 28 N–H and O–H groups in total. The lowest BCUT2D eigenvalue weighted by molar-refractivity contribution is -0.138. The van der Waals surface area contributed by atoms with Crippen LogP contribution in [0.15, 0.2) is 97.2 Å². The zero-order valence-corrected chi connectivity index (χ0v) is 65.8. The van der Waals surface area contributed by atoms with Crippen molar-refractivity contribution in [3.8, 4) is 5.75 Å². The van der Waals surface area contributed by atoms with E-state index in [4.69, 9.17) is 44.9 Å². The number of aromatic nitrogens is 1. The highest BCUT2D eigenvalue weighted by Gasteiger charge is 2.42. The van der Waals surface area contributed by atoms with Gasteiger partial charge in [0.05, 0.1) is 19.1 Å². The summed E-state index contributed by atoms with van der Waals surface area (Å²) < 4.78 is 5.73. The molecule has 0 radical (unpaired) electrons. The molecule has 1 aliphatic heterocycles. The fourth-order valence-electron chi connectivity index (χ4n) is 12.7. The summed E-state index contributed by atoms with van der Waals surface area (Å²) in [6.07, 6.45) is -3.26. The minimum absolute atomic E-state index is 0.0934. The normalized spacial score (nSPS) is 19.0. The number of nitrogens with one attached hydrogen (secondary N) is 13. The van der Waals surface area contributed by atoms with Crippen molar-refractivity contribution in [2.75, 3.05) is 44.3 Å². The second-order valence-corrected chi connectivity index (χ2v) is 29.6. The third-order valence-corrected chi connectivity index (χ3v) is 20.0. The number of para-hydroxylation sites is 1. The Kier molecular flexibility index (Phi) is 37.3. The number of primary amides is 4. The molecule has 6 rings (SSSR count). The highest BCUT2D eigenvalue weighted by molar-refractivity contribution is 7.99. The van der Waals surface area contributed by atoms with Crippen LogP contribution in [0.5, 0.6) is 5.75 Å². The third kappa shape index (κ3) is 30.2. The lowest BCUT2D eigenvalue weighted by Gasteiger charge is -2.34. The van der Waals surface area contributed by atoms with E-state index in [1.807, 2.05) is 18.2 Å². The maximum atomic E-state index is 15.7. The number of hydrogen-bond donors (Lipinski definition) is 21. The van der Waals surface area contributed by atoms with E-state index < -0.39 is 211 Å². The molecule has 5 aromatic rings. The minimum Gasteiger partial charge on any atom is -0.492 e. The van der Waals surface area contributed by atoms with Crippen molar-refractivity contribution >= 4 is 128 Å². The summed E-state index contributed by atoms with van der Waals surface area (Å²) in [5.41, 5.74) is 39.3. The number of carbonyl (C=O) groups excluding carboxylic acids is 16. The number of aliphatic hydroxyl groups excluding tert-OH is 1. The standard InChI is InChI=1S/C77H108N20O18S/c1-42(98)65-75(113)93-58(37-48-39-85-51-15-7-6-14-50(48)51)72(110)89-53(23-25-61(81)100)68(106)94-60(41-116-33-27-55(87-43(2)99)69(107)88-54(70(108)96-65)24-26-62(82)101)73(111)90-56(35-44-18-21-49(22-19-44)115-32-31-80)71(109)91-57(36-45-17-20-46-12-4-5-13-47(46)34-45)74(112)97-77(3,28-9-11-30-79)76(114)95-52(16-8-10-29-78)67(105)92-59(38-63(83)102)66(104)86-40-64(84)103/h4-7,12-15,17-22,34,39,42,52-60,65,85,98H,8-11,16,23-33,35-38,40-41,78-80H2,1-3H3,(H2,81,100)(H2,82,101)(H2,83,102)(H2,84,103)(H,86,104)(H,87,99)(H,88,107)(H,89,110)(H,90,111)(H,91,109)(H,92,105)(H,93,113)(H,94,106)(H,95,114)(H,96,108)(H,97,112)/t42-,52+,53+,54+,55+,56+,57+,58+,59+,60+,65+,77+/m1/s1. The van der Waals surface area contributed by atoms with Gasteiger partial charge < -0.3 is 119 Å². The molecule has 1 aromatic heterocycles. The third-order valence-electron chi connectivity index (χ3n) is 18.9. The molecule has 0 unspecified atom stereocenters. The van der Waals surface area contributed by atoms with Gasteiger partial charge in [-0.05, 0) is 136 Å². The Hall–Kier alpha value is -11.8. The van der Waals surface area contributed by atoms with Crippen LogP contribution < -0.4 is 109 Å². The summed E-state index contributed by atoms with van der Waals surface area (Å²) in [6, 6.07) is 9.10. The molecule has 0 spiro atoms. The number of aliphatic hydroxyl groups is 1. The van der Waals surface area contributed by atoms with Crippen molar-refractivity contribution in [3.63, 3.8) is 0 Å². The topological polar surface area (TPSA) is 645 Å². The van der Waals surface area contributed by atoms with Gasteiger partial charge in [0.15, 0.2) is 0 Å². The van der Waals surface area contributed by atoms with E-state index in [9.17, 15) is 53.1 Å². The summed E-state index contributed by atoms with van der Waals surface area (Å²) in [7, 11) is 0. The molecule has 1 fully saturated rings. The minimum atomic E-state index is -1.96. The van der Waals surface area contributed by atoms with Gasteiger partial charge in [-0.1, -0.05) is 72.8 Å². The summed E-state index contributed by atoms with van der Waals surface area (Å²) in [4.78, 5) is 227. The SMILES string of the molecule is CC(=O)N[C@H]1CCSC[C@@H](C(=O)N[C@@H](Cc2ccc(OCCN)cc2)C(=O)N[C@@H](Cc2ccc3ccccc3c2)C(=O)N[C@@](C)(CCCCN)C(=O)N[C@@H](CCCCN)C(=O)N[C@@H](CC(N)=O)C(=O)NCC(N)=O)NC(=O)[C@H](CCC(N)=O)NC(=O)[C@H](Cc2c[nH]c3ccccc23)NC(=O)[C@H]([C@@H](C)O)NC(=O)[C@H](CCC(N)=O)NC1=O. The van der Waals surface area contributed by atoms with Gasteiger partial charge in [-0.25, -0.2) is 0 Å². The molecule has 16 amide bonds. The number of hydrogen-bond acceptors (Lipinski definition) is 22. The van der Waals surface area contributed by atoms with Crippen molar-refractivity contribution in [2.24, 2.45) is 40.1 Å². The largest absolute Gasteiger partial charge is 0.492 e. The van der Waals surface area contributed by atoms with Gasteiger partial charge >= 0.3 is 0 Å². The number of fused-ring (bicyclic) bond motifs is 2. The van der Waals surface area contributed by atoms with Gasteiger partial charge in [-0.15, -0.1) is 0 Å². The fourth-order valence-corrected chi connectivity index (χ4v) is 13.7. The molecule has 0 aliphatic carbocycles.